The van der Waals surface area contributed by atoms with Gasteiger partial charge < -0.3 is 40.3 Å². The van der Waals surface area contributed by atoms with Crippen molar-refractivity contribution in [1.82, 2.24) is 24.8 Å². The summed E-state index contributed by atoms with van der Waals surface area (Å²) >= 11 is 0. The number of morpholine rings is 1. The average Bonchev–Trinajstić information content (AvgIpc) is 3.86. The second-order valence-corrected chi connectivity index (χ2v) is 13.8. The number of nitrogens with one attached hydrogen (secondary N) is 2. The molecule has 14 heteroatoms. The standard InChI is InChI=1S/C36H47N9O5/c1-24-23-50-19-18-44(24)34-39-32(40-35(41-34)45-30(21-46)12-13-31(45)22-47)26-4-8-28(9-5-26)37-36(49)38-29-10-6-27(7-11-29)33(48)43-16-14-42(15-17-43)20-25-2-3-25/h4-11,24-25,30-31,46-47H,2-3,12-23H2,1H3,(H2,37,38,49). The van der Waals surface area contributed by atoms with Gasteiger partial charge >= 0.3 is 6.03 Å². The van der Waals surface area contributed by atoms with E-state index in [1.54, 1.807) is 36.4 Å². The smallest absolute Gasteiger partial charge is 0.323 e. The van der Waals surface area contributed by atoms with Crippen molar-refractivity contribution < 1.29 is 24.5 Å². The Kier molecular flexibility index (Phi) is 10.4. The summed E-state index contributed by atoms with van der Waals surface area (Å²) < 4.78 is 5.63. The Labute approximate surface area is 292 Å². The van der Waals surface area contributed by atoms with Crippen molar-refractivity contribution in [1.29, 1.82) is 0 Å². The summed E-state index contributed by atoms with van der Waals surface area (Å²) in [5.74, 6) is 2.26. The lowest BCUT2D eigenvalue weighted by molar-refractivity contribution is 0.0632. The first kappa shape index (κ1) is 34.1. The second-order valence-electron chi connectivity index (χ2n) is 13.8. The molecule has 50 heavy (non-hydrogen) atoms. The molecule has 0 spiro atoms. The number of piperazine rings is 1. The number of hydrogen-bond donors (Lipinski definition) is 4. The minimum Gasteiger partial charge on any atom is -0.394 e. The molecule has 14 nitrogen and oxygen atoms in total. The van der Waals surface area contributed by atoms with E-state index < -0.39 is 6.03 Å². The molecule has 3 amide bonds. The maximum absolute atomic E-state index is 13.1. The van der Waals surface area contributed by atoms with Crippen LogP contribution in [0.2, 0.25) is 0 Å². The molecule has 4 fully saturated rings. The number of carbonyl (C=O) groups excluding carboxylic acids is 2. The molecule has 1 aliphatic carbocycles. The zero-order chi connectivity index (χ0) is 34.6. The van der Waals surface area contributed by atoms with Crippen LogP contribution in [-0.4, -0.2) is 131 Å². The summed E-state index contributed by atoms with van der Waals surface area (Å²) in [6.45, 7) is 8.15. The van der Waals surface area contributed by atoms with Crippen molar-refractivity contribution in [3.8, 4) is 11.4 Å². The van der Waals surface area contributed by atoms with E-state index in [0.29, 0.717) is 54.4 Å². The first-order valence-electron chi connectivity index (χ1n) is 17.8. The van der Waals surface area contributed by atoms with Gasteiger partial charge in [0.05, 0.1) is 44.6 Å². The third-order valence-corrected chi connectivity index (χ3v) is 10.2. The van der Waals surface area contributed by atoms with Gasteiger partial charge in [-0.05, 0) is 87.1 Å². The monoisotopic (exact) mass is 685 g/mol. The van der Waals surface area contributed by atoms with Crippen molar-refractivity contribution in [2.75, 3.05) is 86.1 Å². The molecule has 4 N–H and O–H groups in total. The summed E-state index contributed by atoms with van der Waals surface area (Å²) in [5.41, 5.74) is 2.50. The van der Waals surface area contributed by atoms with Crippen molar-refractivity contribution >= 4 is 35.2 Å². The highest BCUT2D eigenvalue weighted by atomic mass is 16.5. The molecule has 7 rings (SSSR count). The van der Waals surface area contributed by atoms with Crippen LogP contribution in [0.4, 0.5) is 28.1 Å². The normalized spacial score (nSPS) is 22.9. The maximum Gasteiger partial charge on any atom is 0.323 e. The number of aliphatic hydroxyl groups excluding tert-OH is 2. The van der Waals surface area contributed by atoms with Gasteiger partial charge in [0.2, 0.25) is 11.9 Å². The van der Waals surface area contributed by atoms with E-state index in [2.05, 4.69) is 27.4 Å². The van der Waals surface area contributed by atoms with E-state index in [9.17, 15) is 19.8 Å². The minimum atomic E-state index is -0.409. The van der Waals surface area contributed by atoms with Gasteiger partial charge in [0, 0.05) is 61.8 Å². The van der Waals surface area contributed by atoms with Crippen LogP contribution in [-0.2, 0) is 4.74 Å². The third-order valence-electron chi connectivity index (χ3n) is 10.2. The SMILES string of the molecule is CC1COCCN1c1nc(-c2ccc(NC(=O)Nc3ccc(C(=O)N4CCN(CC5CC5)CC4)cc3)cc2)nc(N2C(CO)CCC2CO)n1. The van der Waals surface area contributed by atoms with Crippen LogP contribution in [0.15, 0.2) is 48.5 Å². The van der Waals surface area contributed by atoms with Gasteiger partial charge in [0.1, 0.15) is 0 Å². The number of anilines is 4. The molecule has 4 aliphatic rings. The van der Waals surface area contributed by atoms with Crippen molar-refractivity contribution in [3.05, 3.63) is 54.1 Å². The van der Waals surface area contributed by atoms with Gasteiger partial charge in [-0.1, -0.05) is 0 Å². The number of aromatic nitrogens is 3. The zero-order valence-electron chi connectivity index (χ0n) is 28.6. The fourth-order valence-electron chi connectivity index (χ4n) is 7.07. The topological polar surface area (TPSA) is 160 Å². The molecule has 0 bridgehead atoms. The summed E-state index contributed by atoms with van der Waals surface area (Å²) in [7, 11) is 0. The number of aliphatic hydroxyl groups is 2. The van der Waals surface area contributed by atoms with Crippen molar-refractivity contribution in [2.45, 2.75) is 50.7 Å². The highest BCUT2D eigenvalue weighted by Crippen LogP contribution is 2.32. The fraction of sp³-hybridized carbons (Fsp3) is 0.528. The van der Waals surface area contributed by atoms with Crippen molar-refractivity contribution in [3.63, 3.8) is 0 Å². The number of rotatable bonds is 10. The lowest BCUT2D eigenvalue weighted by Gasteiger charge is -2.34. The molecule has 3 unspecified atom stereocenters. The third kappa shape index (κ3) is 7.83. The zero-order valence-corrected chi connectivity index (χ0v) is 28.6. The van der Waals surface area contributed by atoms with Crippen molar-refractivity contribution in [2.24, 2.45) is 5.92 Å². The van der Waals surface area contributed by atoms with E-state index in [4.69, 9.17) is 19.7 Å². The predicted octanol–water partition coefficient (Wildman–Crippen LogP) is 2.90. The van der Waals surface area contributed by atoms with Gasteiger partial charge in [-0.2, -0.15) is 15.0 Å². The van der Waals surface area contributed by atoms with Gasteiger partial charge in [-0.25, -0.2) is 4.79 Å². The number of urea groups is 1. The summed E-state index contributed by atoms with van der Waals surface area (Å²) in [4.78, 5) is 48.8. The summed E-state index contributed by atoms with van der Waals surface area (Å²) in [5, 5.41) is 25.9. The predicted molar refractivity (Wildman–Crippen MR) is 191 cm³/mol. The number of benzene rings is 2. The molecule has 3 saturated heterocycles. The molecular formula is C36H47N9O5. The van der Waals surface area contributed by atoms with E-state index in [1.165, 1.54) is 12.8 Å². The number of ether oxygens (including phenoxy) is 1. The van der Waals surface area contributed by atoms with E-state index >= 15 is 0 Å². The van der Waals surface area contributed by atoms with E-state index in [1.807, 2.05) is 21.9 Å². The largest absolute Gasteiger partial charge is 0.394 e. The van der Waals surface area contributed by atoms with Crippen LogP contribution >= 0.6 is 0 Å². The number of hydrogen-bond acceptors (Lipinski definition) is 11. The van der Waals surface area contributed by atoms with E-state index in [-0.39, 0.29) is 37.2 Å². The average molecular weight is 686 g/mol. The van der Waals surface area contributed by atoms with Crippen LogP contribution < -0.4 is 20.4 Å². The van der Waals surface area contributed by atoms with Crippen LogP contribution in [0.5, 0.6) is 0 Å². The molecule has 3 aromatic rings. The van der Waals surface area contributed by atoms with Crippen LogP contribution in [0.1, 0.15) is 43.0 Å². The molecule has 1 aromatic heterocycles. The molecule has 2 aromatic carbocycles. The highest BCUT2D eigenvalue weighted by molar-refractivity contribution is 6.00. The second kappa shape index (κ2) is 15.3. The Balaban J connectivity index is 0.998. The summed E-state index contributed by atoms with van der Waals surface area (Å²) in [6, 6.07) is 13.5. The van der Waals surface area contributed by atoms with E-state index in [0.717, 1.165) is 57.0 Å². The van der Waals surface area contributed by atoms with Gasteiger partial charge in [0.25, 0.3) is 5.91 Å². The first-order chi connectivity index (χ1) is 24.4. The molecule has 3 atom stereocenters. The Morgan fingerprint density at radius 1 is 0.800 bits per heavy atom. The number of amides is 3. The van der Waals surface area contributed by atoms with Crippen LogP contribution in [0, 0.1) is 5.92 Å². The Bertz CT molecular complexity index is 1620. The lowest BCUT2D eigenvalue weighted by Crippen LogP contribution is -2.49. The van der Waals surface area contributed by atoms with Crippen LogP contribution in [0.3, 0.4) is 0 Å². The highest BCUT2D eigenvalue weighted by Gasteiger charge is 2.36. The molecule has 0 radical (unpaired) electrons. The van der Waals surface area contributed by atoms with Gasteiger partial charge in [-0.15, -0.1) is 0 Å². The lowest BCUT2D eigenvalue weighted by atomic mass is 10.1. The molecular weight excluding hydrogens is 638 g/mol. The summed E-state index contributed by atoms with van der Waals surface area (Å²) in [6.07, 6.45) is 4.13. The Morgan fingerprint density at radius 3 is 2.02 bits per heavy atom. The molecule has 3 aliphatic heterocycles. The number of nitrogens with zero attached hydrogens (tertiary/aromatic N) is 7. The molecule has 266 valence electrons. The Morgan fingerprint density at radius 2 is 1.42 bits per heavy atom. The fourth-order valence-corrected chi connectivity index (χ4v) is 7.07. The van der Waals surface area contributed by atoms with Crippen LogP contribution in [0.25, 0.3) is 11.4 Å². The molecule has 1 saturated carbocycles. The van der Waals surface area contributed by atoms with Gasteiger partial charge in [0.15, 0.2) is 5.82 Å². The quantitative estimate of drug-likeness (QED) is 0.249. The maximum atomic E-state index is 13.1. The molecule has 4 heterocycles. The number of carbonyl (C=O) groups is 2. The van der Waals surface area contributed by atoms with Gasteiger partial charge in [-0.3, -0.25) is 9.69 Å². The first-order valence-corrected chi connectivity index (χ1v) is 17.8. The Hall–Kier alpha value is -4.37. The minimum absolute atomic E-state index is 0.0193.